The molecule has 0 N–H and O–H groups in total. The number of halogens is 1. The summed E-state index contributed by atoms with van der Waals surface area (Å²) in [5, 5.41) is 6.18. The van der Waals surface area contributed by atoms with Crippen LogP contribution in [0.1, 0.15) is 31.4 Å². The predicted molar refractivity (Wildman–Crippen MR) is 77.2 cm³/mol. The molecule has 1 aromatic rings. The highest BCUT2D eigenvalue weighted by molar-refractivity contribution is 5.97. The molecule has 110 valence electrons. The molecule has 4 aliphatic heterocycles. The lowest BCUT2D eigenvalue weighted by molar-refractivity contribution is -0.131. The van der Waals surface area contributed by atoms with E-state index in [4.69, 9.17) is 0 Å². The van der Waals surface area contributed by atoms with Crippen molar-refractivity contribution in [1.29, 1.82) is 0 Å². The fourth-order valence-corrected chi connectivity index (χ4v) is 4.00. The van der Waals surface area contributed by atoms with Crippen LogP contribution in [-0.2, 0) is 4.79 Å². The zero-order chi connectivity index (χ0) is 14.6. The Labute approximate surface area is 123 Å². The molecule has 5 heteroatoms. The third-order valence-electron chi connectivity index (χ3n) is 4.94. The molecule has 0 aliphatic carbocycles. The Morgan fingerprint density at radius 3 is 2.71 bits per heavy atom. The first-order valence-corrected chi connectivity index (χ1v) is 7.53. The zero-order valence-electron chi connectivity index (χ0n) is 12.0. The molecule has 0 saturated carbocycles. The van der Waals surface area contributed by atoms with Gasteiger partial charge in [-0.1, -0.05) is 12.1 Å². The van der Waals surface area contributed by atoms with Crippen LogP contribution in [0.15, 0.2) is 29.4 Å². The summed E-state index contributed by atoms with van der Waals surface area (Å²) in [5.41, 5.74) is 1.96. The number of carbonyl (C=O) groups excluding carboxylic acids is 1. The first-order valence-electron chi connectivity index (χ1n) is 7.53. The standard InChI is InChI=1S/C16H18FN3O/c1-10(21)20-15(12-3-2-4-13(17)9-12)16-14(18-20)11-5-7-19(16)8-6-11/h2-4,9,11,15-16H,5-8H2,1H3/t15-,16+/m1/s1. The van der Waals surface area contributed by atoms with Gasteiger partial charge in [0.05, 0.1) is 11.8 Å². The van der Waals surface area contributed by atoms with E-state index in [0.29, 0.717) is 5.92 Å². The molecule has 4 heterocycles. The number of amides is 1. The Hall–Kier alpha value is -1.75. The minimum Gasteiger partial charge on any atom is -0.293 e. The first kappa shape index (κ1) is 13.0. The second-order valence-electron chi connectivity index (χ2n) is 6.14. The lowest BCUT2D eigenvalue weighted by Crippen LogP contribution is -2.56. The molecule has 5 rings (SSSR count). The summed E-state index contributed by atoms with van der Waals surface area (Å²) >= 11 is 0. The lowest BCUT2D eigenvalue weighted by atomic mass is 9.78. The molecule has 1 aromatic carbocycles. The van der Waals surface area contributed by atoms with Gasteiger partial charge in [0.1, 0.15) is 11.9 Å². The summed E-state index contributed by atoms with van der Waals surface area (Å²) in [6.45, 7) is 3.63. The van der Waals surface area contributed by atoms with Crippen molar-refractivity contribution in [3.8, 4) is 0 Å². The van der Waals surface area contributed by atoms with Gasteiger partial charge in [-0.15, -0.1) is 0 Å². The first-order chi connectivity index (χ1) is 10.1. The van der Waals surface area contributed by atoms with Crippen molar-refractivity contribution < 1.29 is 9.18 Å². The number of rotatable bonds is 1. The normalized spacial score (nSPS) is 33.8. The number of carbonyl (C=O) groups is 1. The molecule has 3 fully saturated rings. The maximum Gasteiger partial charge on any atom is 0.240 e. The third-order valence-corrected chi connectivity index (χ3v) is 4.94. The van der Waals surface area contributed by atoms with Crippen molar-refractivity contribution in [1.82, 2.24) is 9.91 Å². The number of hydrazone groups is 1. The highest BCUT2D eigenvalue weighted by Gasteiger charge is 2.50. The Morgan fingerprint density at radius 1 is 1.29 bits per heavy atom. The van der Waals surface area contributed by atoms with Gasteiger partial charge in [-0.25, -0.2) is 9.40 Å². The summed E-state index contributed by atoms with van der Waals surface area (Å²) in [5.74, 6) is 0.146. The fourth-order valence-electron chi connectivity index (χ4n) is 4.00. The summed E-state index contributed by atoms with van der Waals surface area (Å²) < 4.78 is 13.6. The predicted octanol–water partition coefficient (Wildman–Crippen LogP) is 2.18. The van der Waals surface area contributed by atoms with Gasteiger partial charge in [0, 0.05) is 12.8 Å². The molecule has 4 nitrogen and oxygen atoms in total. The van der Waals surface area contributed by atoms with E-state index in [2.05, 4.69) is 10.0 Å². The molecule has 0 unspecified atom stereocenters. The Kier molecular flexibility index (Phi) is 2.85. The van der Waals surface area contributed by atoms with E-state index in [1.807, 2.05) is 6.07 Å². The molecule has 2 bridgehead atoms. The smallest absolute Gasteiger partial charge is 0.240 e. The average Bonchev–Trinajstić information content (AvgIpc) is 2.91. The number of nitrogens with zero attached hydrogens (tertiary/aromatic N) is 3. The molecular weight excluding hydrogens is 269 g/mol. The van der Waals surface area contributed by atoms with Crippen LogP contribution in [0.4, 0.5) is 4.39 Å². The number of piperidine rings is 3. The summed E-state index contributed by atoms with van der Waals surface area (Å²) in [6, 6.07) is 6.51. The van der Waals surface area contributed by atoms with Crippen molar-refractivity contribution in [2.45, 2.75) is 31.8 Å². The van der Waals surface area contributed by atoms with Gasteiger partial charge in [-0.2, -0.15) is 5.10 Å². The van der Waals surface area contributed by atoms with Gasteiger partial charge in [0.15, 0.2) is 0 Å². The number of hydrogen-bond donors (Lipinski definition) is 0. The molecule has 21 heavy (non-hydrogen) atoms. The minimum atomic E-state index is -0.263. The Balaban J connectivity index is 1.79. The van der Waals surface area contributed by atoms with Crippen molar-refractivity contribution in [3.63, 3.8) is 0 Å². The Morgan fingerprint density at radius 2 is 2.05 bits per heavy atom. The highest BCUT2D eigenvalue weighted by atomic mass is 19.1. The van der Waals surface area contributed by atoms with Crippen molar-refractivity contribution in [2.24, 2.45) is 11.0 Å². The summed E-state index contributed by atoms with van der Waals surface area (Å²) in [6.07, 6.45) is 2.24. The summed E-state index contributed by atoms with van der Waals surface area (Å²) in [4.78, 5) is 14.4. The second-order valence-corrected chi connectivity index (χ2v) is 6.14. The quantitative estimate of drug-likeness (QED) is 0.793. The number of hydrogen-bond acceptors (Lipinski definition) is 3. The number of benzene rings is 1. The van der Waals surface area contributed by atoms with Gasteiger partial charge in [0.25, 0.3) is 0 Å². The van der Waals surface area contributed by atoms with Crippen molar-refractivity contribution >= 4 is 11.6 Å². The molecule has 0 spiro atoms. The molecule has 1 amide bonds. The van der Waals surface area contributed by atoms with E-state index in [1.165, 1.54) is 19.1 Å². The van der Waals surface area contributed by atoms with Gasteiger partial charge in [-0.3, -0.25) is 9.69 Å². The molecule has 0 aromatic heterocycles. The molecule has 3 saturated heterocycles. The van der Waals surface area contributed by atoms with E-state index in [1.54, 1.807) is 11.1 Å². The molecule has 2 atom stereocenters. The third kappa shape index (κ3) is 1.91. The SMILES string of the molecule is CC(=O)N1N=C2C3CCN(CC3)[C@@H]2[C@H]1c1cccc(F)c1. The van der Waals surface area contributed by atoms with E-state index < -0.39 is 0 Å². The second kappa shape index (κ2) is 4.63. The van der Waals surface area contributed by atoms with Crippen molar-refractivity contribution in [2.75, 3.05) is 13.1 Å². The minimum absolute atomic E-state index is 0.0771. The van der Waals surface area contributed by atoms with Crippen LogP contribution < -0.4 is 0 Å². The average molecular weight is 287 g/mol. The van der Waals surface area contributed by atoms with E-state index in [-0.39, 0.29) is 23.8 Å². The van der Waals surface area contributed by atoms with Gasteiger partial charge >= 0.3 is 0 Å². The Bertz CT molecular complexity index is 622. The van der Waals surface area contributed by atoms with Crippen LogP contribution in [0, 0.1) is 11.7 Å². The van der Waals surface area contributed by atoms with Gasteiger partial charge < -0.3 is 0 Å². The maximum atomic E-state index is 13.6. The van der Waals surface area contributed by atoms with Crippen LogP contribution in [0.2, 0.25) is 0 Å². The van der Waals surface area contributed by atoms with Crippen LogP contribution >= 0.6 is 0 Å². The highest BCUT2D eigenvalue weighted by Crippen LogP contribution is 2.43. The van der Waals surface area contributed by atoms with Crippen LogP contribution in [0.25, 0.3) is 0 Å². The monoisotopic (exact) mass is 287 g/mol. The van der Waals surface area contributed by atoms with Crippen LogP contribution in [0.5, 0.6) is 0 Å². The molecule has 0 radical (unpaired) electrons. The topological polar surface area (TPSA) is 35.9 Å². The van der Waals surface area contributed by atoms with E-state index in [0.717, 1.165) is 37.2 Å². The zero-order valence-corrected chi connectivity index (χ0v) is 12.0. The number of fused-ring (bicyclic) bond motifs is 2. The fraction of sp³-hybridized carbons (Fsp3) is 0.500. The van der Waals surface area contributed by atoms with E-state index in [9.17, 15) is 9.18 Å². The maximum absolute atomic E-state index is 13.6. The van der Waals surface area contributed by atoms with Crippen molar-refractivity contribution in [3.05, 3.63) is 35.6 Å². The summed E-state index contributed by atoms with van der Waals surface area (Å²) in [7, 11) is 0. The lowest BCUT2D eigenvalue weighted by Gasteiger charge is -2.46. The van der Waals surface area contributed by atoms with Gasteiger partial charge in [0.2, 0.25) is 5.91 Å². The largest absolute Gasteiger partial charge is 0.293 e. The van der Waals surface area contributed by atoms with E-state index >= 15 is 0 Å². The van der Waals surface area contributed by atoms with Crippen LogP contribution in [-0.4, -0.2) is 40.7 Å². The van der Waals surface area contributed by atoms with Crippen LogP contribution in [0.3, 0.4) is 0 Å². The van der Waals surface area contributed by atoms with Gasteiger partial charge in [-0.05, 0) is 43.6 Å². The molecule has 4 aliphatic rings. The molecular formula is C16H18FN3O.